The molecule has 0 radical (unpaired) electrons. The van der Waals surface area contributed by atoms with Gasteiger partial charge in [0.1, 0.15) is 0 Å². The van der Waals surface area contributed by atoms with Crippen LogP contribution in [0.25, 0.3) is 0 Å². The molecule has 3 rings (SSSR count). The van der Waals surface area contributed by atoms with E-state index in [1.807, 2.05) is 0 Å². The van der Waals surface area contributed by atoms with Gasteiger partial charge < -0.3 is 30.6 Å². The van der Waals surface area contributed by atoms with E-state index in [0.29, 0.717) is 0 Å². The third kappa shape index (κ3) is 12.6. The summed E-state index contributed by atoms with van der Waals surface area (Å²) in [6.07, 6.45) is 0. The number of nitrogens with zero attached hydrogens (tertiary/aromatic N) is 2. The van der Waals surface area contributed by atoms with E-state index in [0.717, 1.165) is 0 Å². The van der Waals surface area contributed by atoms with Crippen LogP contribution in [0, 0.1) is 51.8 Å². The minimum atomic E-state index is -1.75. The molecule has 0 aliphatic rings. The van der Waals surface area contributed by atoms with Crippen LogP contribution >= 0.6 is 0 Å². The van der Waals surface area contributed by atoms with Gasteiger partial charge in [0.2, 0.25) is 0 Å². The minimum Gasteiger partial charge on any atom is -0.356 e. The first kappa shape index (κ1) is 24.6. The van der Waals surface area contributed by atoms with Crippen molar-refractivity contribution in [2.75, 3.05) is 0 Å². The number of rotatable bonds is 4. The van der Waals surface area contributed by atoms with Crippen molar-refractivity contribution in [3.8, 4) is 0 Å². The van der Waals surface area contributed by atoms with Crippen LogP contribution in [-0.2, 0) is 0 Å². The Balaban J connectivity index is 0.000000452. The van der Waals surface area contributed by atoms with Gasteiger partial charge in [-0.2, -0.15) is 0 Å². The van der Waals surface area contributed by atoms with Gasteiger partial charge in [-0.25, -0.2) is 0 Å². The van der Waals surface area contributed by atoms with Gasteiger partial charge in [-0.15, -0.1) is 0 Å². The highest BCUT2D eigenvalue weighted by molar-refractivity contribution is 5.12. The Labute approximate surface area is 187 Å². The molecule has 10 heteroatoms. The zero-order valence-corrected chi connectivity index (χ0v) is 19.4. The summed E-state index contributed by atoms with van der Waals surface area (Å²) in [5.41, 5.74) is 1.34. The Morgan fingerprint density at radius 3 is 1.17 bits per heavy atom. The van der Waals surface area contributed by atoms with Gasteiger partial charge in [-0.05, 0) is 55.5 Å². The standard InChI is InChI=1S/C19H16I2.2NO3/c1-15-7-9-17(10-8-15)21-19-13-11-18(12-14-19)20-16-5-3-2-4-6-16;2*2-1(3)4/h2-14H,1H3;;/q+2;2*-1. The molecule has 0 saturated heterocycles. The van der Waals surface area contributed by atoms with Crippen molar-refractivity contribution in [3.63, 3.8) is 0 Å². The number of halogens is 2. The first-order chi connectivity index (χ1) is 13.8. The molecule has 0 bridgehead atoms. The third-order valence-corrected chi connectivity index (χ3v) is 8.35. The Morgan fingerprint density at radius 1 is 0.552 bits per heavy atom. The summed E-state index contributed by atoms with van der Waals surface area (Å²) < 4.78 is 5.97. The largest absolute Gasteiger partial charge is 0.357 e. The van der Waals surface area contributed by atoms with Crippen LogP contribution in [0.4, 0.5) is 0 Å². The van der Waals surface area contributed by atoms with Crippen molar-refractivity contribution in [3.05, 3.63) is 129 Å². The van der Waals surface area contributed by atoms with Crippen LogP contribution in [0.2, 0.25) is 0 Å². The molecule has 0 unspecified atom stereocenters. The Morgan fingerprint density at radius 2 is 0.828 bits per heavy atom. The highest BCUT2D eigenvalue weighted by Gasteiger charge is 2.19. The quantitative estimate of drug-likeness (QED) is 0.184. The molecule has 0 aliphatic heterocycles. The van der Waals surface area contributed by atoms with Crippen LogP contribution in [0.3, 0.4) is 0 Å². The molecule has 0 spiro atoms. The molecule has 0 heterocycles. The summed E-state index contributed by atoms with van der Waals surface area (Å²) in [4.78, 5) is 16.5. The second kappa shape index (κ2) is 13.7. The van der Waals surface area contributed by atoms with E-state index in [1.54, 1.807) is 0 Å². The normalized spacial score (nSPS) is 9.28. The summed E-state index contributed by atoms with van der Waals surface area (Å²) in [6.45, 7) is 2.14. The van der Waals surface area contributed by atoms with Crippen LogP contribution in [-0.4, -0.2) is 10.2 Å². The highest BCUT2D eigenvalue weighted by Crippen LogP contribution is 1.94. The molecule has 29 heavy (non-hydrogen) atoms. The van der Waals surface area contributed by atoms with Crippen molar-refractivity contribution >= 4 is 0 Å². The molecule has 0 aromatic heterocycles. The maximum atomic E-state index is 8.25. The van der Waals surface area contributed by atoms with E-state index in [1.165, 1.54) is 19.8 Å². The van der Waals surface area contributed by atoms with Crippen molar-refractivity contribution in [1.29, 1.82) is 0 Å². The highest BCUT2D eigenvalue weighted by atomic mass is 127. The smallest absolute Gasteiger partial charge is 0.356 e. The van der Waals surface area contributed by atoms with E-state index in [-0.39, 0.29) is 42.4 Å². The zero-order valence-electron chi connectivity index (χ0n) is 15.1. The van der Waals surface area contributed by atoms with Crippen molar-refractivity contribution < 1.29 is 52.6 Å². The lowest BCUT2D eigenvalue weighted by atomic mass is 10.2. The molecular weight excluding hydrogens is 606 g/mol. The van der Waals surface area contributed by atoms with Crippen LogP contribution in [0.15, 0.2) is 78.9 Å². The average Bonchev–Trinajstić information content (AvgIpc) is 2.65. The monoisotopic (exact) mass is 622 g/mol. The van der Waals surface area contributed by atoms with Gasteiger partial charge in [0.25, 0.3) is 0 Å². The maximum Gasteiger partial charge on any atom is 0.357 e. The lowest BCUT2D eigenvalue weighted by Gasteiger charge is -1.90. The van der Waals surface area contributed by atoms with Crippen molar-refractivity contribution in [2.45, 2.75) is 6.92 Å². The molecule has 0 aliphatic carbocycles. The minimum absolute atomic E-state index is 0.0368. The van der Waals surface area contributed by atoms with Gasteiger partial charge in [-0.1, -0.05) is 35.9 Å². The third-order valence-electron chi connectivity index (χ3n) is 2.98. The lowest BCUT2D eigenvalue weighted by Crippen LogP contribution is -3.62. The van der Waals surface area contributed by atoms with Gasteiger partial charge in [0.05, 0.1) is 10.2 Å². The topological polar surface area (TPSA) is 132 Å². The molecule has 0 fully saturated rings. The average molecular weight is 622 g/mol. The second-order valence-electron chi connectivity index (χ2n) is 5.16. The second-order valence-corrected chi connectivity index (χ2v) is 11.2. The number of hydrogen-bond acceptors (Lipinski definition) is 6. The van der Waals surface area contributed by atoms with E-state index < -0.39 is 10.2 Å². The van der Waals surface area contributed by atoms with Crippen molar-refractivity contribution in [2.24, 2.45) is 0 Å². The molecule has 0 amide bonds. The predicted molar refractivity (Wildman–Crippen MR) is 99.6 cm³/mol. The first-order valence-corrected chi connectivity index (χ1v) is 12.2. The Kier molecular flexibility index (Phi) is 11.6. The Bertz CT molecular complexity index is 871. The molecular formula is C19H16I2N2O6. The van der Waals surface area contributed by atoms with E-state index >= 15 is 0 Å². The maximum absolute atomic E-state index is 8.25. The molecule has 3 aromatic carbocycles. The number of aryl methyl sites for hydroxylation is 1. The predicted octanol–water partition coefficient (Wildman–Crippen LogP) is -2.23. The molecule has 0 N–H and O–H groups in total. The van der Waals surface area contributed by atoms with Crippen molar-refractivity contribution in [1.82, 2.24) is 0 Å². The summed E-state index contributed by atoms with van der Waals surface area (Å²) in [6, 6.07) is 29.1. The van der Waals surface area contributed by atoms with Gasteiger partial charge in [0.15, 0.2) is 14.3 Å². The number of benzene rings is 3. The lowest BCUT2D eigenvalue weighted by molar-refractivity contribution is -0.603. The SMILES string of the molecule is Cc1ccc([I+]c2ccc([I+]c3ccccc3)cc2)cc1.O=[N+]([O-])[O-].O=[N+]([O-])[O-]. The molecule has 8 nitrogen and oxygen atoms in total. The van der Waals surface area contributed by atoms with Gasteiger partial charge in [0, 0.05) is 0 Å². The van der Waals surface area contributed by atoms with E-state index in [2.05, 4.69) is 85.8 Å². The Hall–Kier alpha value is -2.48. The van der Waals surface area contributed by atoms with Crippen LogP contribution in [0.5, 0.6) is 0 Å². The van der Waals surface area contributed by atoms with Crippen LogP contribution in [0.1, 0.15) is 5.56 Å². The van der Waals surface area contributed by atoms with Crippen LogP contribution < -0.4 is 42.4 Å². The zero-order chi connectivity index (χ0) is 21.6. The summed E-state index contributed by atoms with van der Waals surface area (Å²) >= 11 is -0.0819. The summed E-state index contributed by atoms with van der Waals surface area (Å²) in [5.74, 6) is 0. The molecule has 0 saturated carbocycles. The fourth-order valence-corrected chi connectivity index (χ4v) is 6.25. The molecule has 152 valence electrons. The van der Waals surface area contributed by atoms with Gasteiger partial charge in [-0.3, -0.25) is 0 Å². The molecule has 0 atom stereocenters. The van der Waals surface area contributed by atoms with E-state index in [4.69, 9.17) is 30.6 Å². The van der Waals surface area contributed by atoms with E-state index in [9.17, 15) is 0 Å². The van der Waals surface area contributed by atoms with Gasteiger partial charge >= 0.3 is 42.4 Å². The first-order valence-electron chi connectivity index (χ1n) is 7.90. The number of hydrogen-bond donors (Lipinski definition) is 0. The summed E-state index contributed by atoms with van der Waals surface area (Å²) in [5, 5.41) is 29.5. The fraction of sp³-hybridized carbons (Fsp3) is 0.0526. The fourth-order valence-electron chi connectivity index (χ4n) is 1.88. The summed E-state index contributed by atoms with van der Waals surface area (Å²) in [7, 11) is 0. The molecule has 3 aromatic rings.